The van der Waals surface area contributed by atoms with Gasteiger partial charge in [-0.25, -0.2) is 0 Å². The summed E-state index contributed by atoms with van der Waals surface area (Å²) in [5, 5.41) is 3.50. The van der Waals surface area contributed by atoms with Crippen LogP contribution in [0.5, 0.6) is 0 Å². The Hall–Kier alpha value is -2.10. The number of fused-ring (bicyclic) bond motifs is 1. The highest BCUT2D eigenvalue weighted by atomic mass is 32.1. The van der Waals surface area contributed by atoms with Crippen molar-refractivity contribution in [1.29, 1.82) is 0 Å². The highest BCUT2D eigenvalue weighted by molar-refractivity contribution is 7.29. The van der Waals surface area contributed by atoms with E-state index < -0.39 is 0 Å². The molecule has 0 atom stereocenters. The van der Waals surface area contributed by atoms with Crippen molar-refractivity contribution in [3.63, 3.8) is 0 Å². The van der Waals surface area contributed by atoms with Crippen LogP contribution in [0.4, 0.5) is 16.4 Å². The summed E-state index contributed by atoms with van der Waals surface area (Å²) < 4.78 is 2.76. The minimum atomic E-state index is 1.19. The number of hydrogen-bond acceptors (Lipinski definition) is 3. The number of unbranched alkanes of at least 4 members (excludes halogenated alkanes) is 10. The lowest BCUT2D eigenvalue weighted by Gasteiger charge is -2.24. The van der Waals surface area contributed by atoms with Gasteiger partial charge < -0.3 is 4.90 Å². The van der Waals surface area contributed by atoms with Gasteiger partial charge in [0, 0.05) is 20.8 Å². The Morgan fingerprint density at radius 3 is 1.51 bits per heavy atom. The first-order valence-electron chi connectivity index (χ1n) is 14.7. The molecule has 198 valence electrons. The normalized spacial score (nSPS) is 11.4. The maximum Gasteiger partial charge on any atom is 0.102 e. The average molecular weight is 532 g/mol. The minimum absolute atomic E-state index is 1.19. The van der Waals surface area contributed by atoms with E-state index in [1.165, 1.54) is 127 Å². The van der Waals surface area contributed by atoms with Crippen LogP contribution in [0, 0.1) is 0 Å². The van der Waals surface area contributed by atoms with Crippen molar-refractivity contribution in [2.75, 3.05) is 4.90 Å². The zero-order chi connectivity index (χ0) is 25.7. The van der Waals surface area contributed by atoms with Crippen LogP contribution in [-0.2, 0) is 12.8 Å². The molecule has 0 N–H and O–H groups in total. The minimum Gasteiger partial charge on any atom is -0.302 e. The fraction of sp³-hybridized carbons (Fsp3) is 0.471. The SMILES string of the molecule is CCCCCCCCc1ccc(N(c2ccc(CCCCCCCC)cc2)c2cc3sccc3s2)cc1. The predicted octanol–water partition coefficient (Wildman–Crippen LogP) is 12.2. The van der Waals surface area contributed by atoms with Crippen molar-refractivity contribution in [3.05, 3.63) is 77.2 Å². The van der Waals surface area contributed by atoms with Crippen LogP contribution in [-0.4, -0.2) is 0 Å². The second-order valence-corrected chi connectivity index (χ2v) is 12.4. The fourth-order valence-electron chi connectivity index (χ4n) is 5.11. The van der Waals surface area contributed by atoms with Crippen molar-refractivity contribution < 1.29 is 0 Å². The Labute approximate surface area is 233 Å². The lowest BCUT2D eigenvalue weighted by atomic mass is 10.0. The number of nitrogens with zero attached hydrogens (tertiary/aromatic N) is 1. The summed E-state index contributed by atoms with van der Waals surface area (Å²) in [5.41, 5.74) is 5.43. The van der Waals surface area contributed by atoms with E-state index in [-0.39, 0.29) is 0 Å². The Kier molecular flexibility index (Phi) is 11.6. The maximum absolute atomic E-state index is 2.44. The first-order chi connectivity index (χ1) is 18.3. The van der Waals surface area contributed by atoms with E-state index in [1.54, 1.807) is 0 Å². The van der Waals surface area contributed by atoms with Crippen LogP contribution < -0.4 is 4.90 Å². The van der Waals surface area contributed by atoms with E-state index in [0.29, 0.717) is 0 Å². The smallest absolute Gasteiger partial charge is 0.102 e. The first-order valence-corrected chi connectivity index (χ1v) is 16.4. The summed E-state index contributed by atoms with van der Waals surface area (Å²) in [6.07, 6.45) is 18.6. The van der Waals surface area contributed by atoms with Crippen molar-refractivity contribution in [1.82, 2.24) is 0 Å². The van der Waals surface area contributed by atoms with Crippen molar-refractivity contribution in [3.8, 4) is 0 Å². The van der Waals surface area contributed by atoms with Crippen molar-refractivity contribution in [2.45, 2.75) is 104 Å². The molecule has 2 heterocycles. The lowest BCUT2D eigenvalue weighted by Crippen LogP contribution is -2.08. The van der Waals surface area contributed by atoms with Gasteiger partial charge >= 0.3 is 0 Å². The molecule has 3 heteroatoms. The molecule has 4 rings (SSSR count). The Bertz CT molecular complexity index is 1060. The summed E-state index contributed by atoms with van der Waals surface area (Å²) in [7, 11) is 0. The van der Waals surface area contributed by atoms with E-state index in [9.17, 15) is 0 Å². The molecule has 2 aromatic carbocycles. The van der Waals surface area contributed by atoms with Crippen LogP contribution in [0.25, 0.3) is 9.40 Å². The zero-order valence-electron chi connectivity index (χ0n) is 23.0. The second-order valence-electron chi connectivity index (χ2n) is 10.4. The maximum atomic E-state index is 2.44. The van der Waals surface area contributed by atoms with Crippen LogP contribution in [0.15, 0.2) is 66.0 Å². The quantitative estimate of drug-likeness (QED) is 0.122. The van der Waals surface area contributed by atoms with Gasteiger partial charge in [-0.15, -0.1) is 22.7 Å². The molecule has 2 aromatic heterocycles. The van der Waals surface area contributed by atoms with Gasteiger partial charge in [-0.2, -0.15) is 0 Å². The number of thiophene rings is 2. The summed E-state index contributed by atoms with van der Waals surface area (Å²) in [6.45, 7) is 4.57. The van der Waals surface area contributed by atoms with Crippen LogP contribution in [0.2, 0.25) is 0 Å². The van der Waals surface area contributed by atoms with Gasteiger partial charge in [0.2, 0.25) is 0 Å². The molecule has 4 aromatic rings. The third kappa shape index (κ3) is 8.45. The number of aryl methyl sites for hydroxylation is 2. The van der Waals surface area contributed by atoms with Gasteiger partial charge in [0.25, 0.3) is 0 Å². The molecule has 0 bridgehead atoms. The summed E-state index contributed by atoms with van der Waals surface area (Å²) in [4.78, 5) is 2.44. The predicted molar refractivity (Wildman–Crippen MR) is 169 cm³/mol. The summed E-state index contributed by atoms with van der Waals surface area (Å²) >= 11 is 3.73. The molecule has 0 radical (unpaired) electrons. The molecule has 0 aliphatic carbocycles. The van der Waals surface area contributed by atoms with E-state index >= 15 is 0 Å². The van der Waals surface area contributed by atoms with Gasteiger partial charge in [0.15, 0.2) is 0 Å². The lowest BCUT2D eigenvalue weighted by molar-refractivity contribution is 0.607. The number of hydrogen-bond donors (Lipinski definition) is 0. The van der Waals surface area contributed by atoms with Crippen LogP contribution in [0.3, 0.4) is 0 Å². The van der Waals surface area contributed by atoms with E-state index in [0.717, 1.165) is 0 Å². The number of anilines is 3. The molecule has 0 saturated carbocycles. The summed E-state index contributed by atoms with van der Waals surface area (Å²) in [6, 6.07) is 23.3. The largest absolute Gasteiger partial charge is 0.302 e. The van der Waals surface area contributed by atoms with Crippen LogP contribution >= 0.6 is 22.7 Å². The molecule has 0 spiro atoms. The highest BCUT2D eigenvalue weighted by Gasteiger charge is 2.16. The molecule has 0 amide bonds. The molecule has 0 aliphatic rings. The molecular weight excluding hydrogens is 487 g/mol. The molecular formula is C34H45NS2. The van der Waals surface area contributed by atoms with Gasteiger partial charge in [-0.3, -0.25) is 0 Å². The number of benzene rings is 2. The second kappa shape index (κ2) is 15.3. The molecule has 0 unspecified atom stereocenters. The van der Waals surface area contributed by atoms with E-state index in [4.69, 9.17) is 0 Å². The average Bonchev–Trinajstić information content (AvgIpc) is 3.53. The molecule has 0 fully saturated rings. The molecule has 0 aliphatic heterocycles. The van der Waals surface area contributed by atoms with Gasteiger partial charge in [-0.1, -0.05) is 102 Å². The molecule has 1 nitrogen and oxygen atoms in total. The standard InChI is InChI=1S/C34H45NS2/c1-3-5-7-9-11-13-15-28-17-21-30(22-18-28)35(34-27-33-32(37-34)25-26-36-33)31-23-19-29(20-24-31)16-14-12-10-8-6-4-2/h17-27H,3-16H2,1-2H3. The van der Waals surface area contributed by atoms with Gasteiger partial charge in [0.1, 0.15) is 5.00 Å². The Morgan fingerprint density at radius 2 is 1.03 bits per heavy atom. The molecule has 37 heavy (non-hydrogen) atoms. The fourth-order valence-corrected chi connectivity index (χ4v) is 7.25. The van der Waals surface area contributed by atoms with Crippen LogP contribution in [0.1, 0.15) is 102 Å². The third-order valence-electron chi connectivity index (χ3n) is 7.37. The topological polar surface area (TPSA) is 3.24 Å². The van der Waals surface area contributed by atoms with Crippen molar-refractivity contribution in [2.24, 2.45) is 0 Å². The monoisotopic (exact) mass is 531 g/mol. The van der Waals surface area contributed by atoms with Gasteiger partial charge in [0.05, 0.1) is 0 Å². The van der Waals surface area contributed by atoms with Crippen molar-refractivity contribution >= 4 is 48.4 Å². The van der Waals surface area contributed by atoms with Gasteiger partial charge in [-0.05, 0) is 78.6 Å². The number of rotatable bonds is 17. The van der Waals surface area contributed by atoms with E-state index in [2.05, 4.69) is 84.8 Å². The Morgan fingerprint density at radius 1 is 0.541 bits per heavy atom. The summed E-state index contributed by atoms with van der Waals surface area (Å²) in [5.74, 6) is 0. The first kappa shape index (κ1) is 27.9. The third-order valence-corrected chi connectivity index (χ3v) is 9.45. The van der Waals surface area contributed by atoms with E-state index in [1.807, 2.05) is 22.7 Å². The zero-order valence-corrected chi connectivity index (χ0v) is 24.6. The highest BCUT2D eigenvalue weighted by Crippen LogP contribution is 2.43. The molecule has 0 saturated heterocycles. The Balaban J connectivity index is 1.43.